The van der Waals surface area contributed by atoms with Crippen molar-refractivity contribution in [3.05, 3.63) is 24.3 Å². The van der Waals surface area contributed by atoms with Gasteiger partial charge in [-0.25, -0.2) is 0 Å². The topological polar surface area (TPSA) is 61.8 Å². The maximum absolute atomic E-state index is 12.7. The summed E-state index contributed by atoms with van der Waals surface area (Å²) in [5.41, 5.74) is 0. The van der Waals surface area contributed by atoms with Crippen LogP contribution in [0.15, 0.2) is 24.3 Å². The molecule has 56 heavy (non-hydrogen) atoms. The van der Waals surface area contributed by atoms with Gasteiger partial charge in [0.1, 0.15) is 6.61 Å². The fraction of sp³-hybridized carbons (Fsp3) is 0.882. The largest absolute Gasteiger partial charge is 0.462 e. The zero-order valence-corrected chi connectivity index (χ0v) is 37.9. The van der Waals surface area contributed by atoms with E-state index in [0.717, 1.165) is 38.5 Å². The lowest BCUT2D eigenvalue weighted by molar-refractivity contribution is -0.163. The molecule has 0 bridgehead atoms. The van der Waals surface area contributed by atoms with E-state index in [4.69, 9.17) is 14.2 Å². The minimum atomic E-state index is -0.531. The highest BCUT2D eigenvalue weighted by Gasteiger charge is 2.17. The van der Waals surface area contributed by atoms with Crippen molar-refractivity contribution in [2.45, 2.75) is 271 Å². The molecule has 0 heterocycles. The molecular weight excluding hydrogens is 693 g/mol. The molecular formula is C51H96O5. The van der Waals surface area contributed by atoms with Crippen LogP contribution < -0.4 is 0 Å². The maximum Gasteiger partial charge on any atom is 0.306 e. The van der Waals surface area contributed by atoms with Crippen LogP contribution >= 0.6 is 0 Å². The normalized spacial score (nSPS) is 12.3. The Morgan fingerprint density at radius 3 is 1.14 bits per heavy atom. The SMILES string of the molecule is CCCC/C=C\CCCCCCCCOCC(COC(=O)CCCCCCCCCCC/C=C\CCCCCCCC)OC(=O)CCCCCCCCCCC. The summed E-state index contributed by atoms with van der Waals surface area (Å²) >= 11 is 0. The quantitative estimate of drug-likeness (QED) is 0.0349. The van der Waals surface area contributed by atoms with Crippen molar-refractivity contribution >= 4 is 11.9 Å². The van der Waals surface area contributed by atoms with Gasteiger partial charge in [-0.3, -0.25) is 9.59 Å². The lowest BCUT2D eigenvalue weighted by Gasteiger charge is -2.18. The van der Waals surface area contributed by atoms with Crippen molar-refractivity contribution < 1.29 is 23.8 Å². The number of carbonyl (C=O) groups excluding carboxylic acids is 2. The van der Waals surface area contributed by atoms with E-state index in [-0.39, 0.29) is 25.2 Å². The van der Waals surface area contributed by atoms with E-state index in [1.165, 1.54) is 193 Å². The Morgan fingerprint density at radius 2 is 0.714 bits per heavy atom. The van der Waals surface area contributed by atoms with Gasteiger partial charge in [0.15, 0.2) is 6.10 Å². The van der Waals surface area contributed by atoms with E-state index in [1.54, 1.807) is 0 Å². The molecule has 0 aromatic heterocycles. The lowest BCUT2D eigenvalue weighted by Crippen LogP contribution is -2.30. The molecule has 0 aliphatic heterocycles. The van der Waals surface area contributed by atoms with Crippen LogP contribution in [-0.4, -0.2) is 37.9 Å². The molecule has 0 aromatic carbocycles. The molecule has 0 aromatic rings. The van der Waals surface area contributed by atoms with Crippen molar-refractivity contribution in [2.75, 3.05) is 19.8 Å². The summed E-state index contributed by atoms with van der Waals surface area (Å²) in [5, 5.41) is 0. The van der Waals surface area contributed by atoms with Gasteiger partial charge < -0.3 is 14.2 Å². The van der Waals surface area contributed by atoms with E-state index in [1.807, 2.05) is 0 Å². The molecule has 5 heteroatoms. The van der Waals surface area contributed by atoms with Crippen LogP contribution in [0.1, 0.15) is 265 Å². The highest BCUT2D eigenvalue weighted by molar-refractivity contribution is 5.70. The van der Waals surface area contributed by atoms with Crippen LogP contribution in [0.2, 0.25) is 0 Å². The first-order chi connectivity index (χ1) is 27.6. The number of rotatable bonds is 46. The van der Waals surface area contributed by atoms with E-state index in [9.17, 15) is 9.59 Å². The van der Waals surface area contributed by atoms with Crippen LogP contribution in [0.4, 0.5) is 0 Å². The minimum absolute atomic E-state index is 0.0874. The van der Waals surface area contributed by atoms with E-state index in [2.05, 4.69) is 45.1 Å². The first-order valence-corrected chi connectivity index (χ1v) is 24.9. The Hall–Kier alpha value is -1.62. The molecule has 0 radical (unpaired) electrons. The highest BCUT2D eigenvalue weighted by atomic mass is 16.6. The monoisotopic (exact) mass is 789 g/mol. The van der Waals surface area contributed by atoms with Gasteiger partial charge in [0.05, 0.1) is 6.61 Å². The number of unbranched alkanes of at least 4 members (excludes halogenated alkanes) is 31. The van der Waals surface area contributed by atoms with Gasteiger partial charge in [0, 0.05) is 19.4 Å². The van der Waals surface area contributed by atoms with Crippen molar-refractivity contribution in [3.63, 3.8) is 0 Å². The Labute approximate surface area is 349 Å². The predicted molar refractivity (Wildman–Crippen MR) is 242 cm³/mol. The zero-order chi connectivity index (χ0) is 40.7. The number of ether oxygens (including phenoxy) is 3. The second-order valence-electron chi connectivity index (χ2n) is 16.7. The first kappa shape index (κ1) is 54.4. The molecule has 0 spiro atoms. The van der Waals surface area contributed by atoms with Crippen molar-refractivity contribution in [3.8, 4) is 0 Å². The van der Waals surface area contributed by atoms with E-state index < -0.39 is 6.10 Å². The van der Waals surface area contributed by atoms with Gasteiger partial charge >= 0.3 is 11.9 Å². The summed E-state index contributed by atoms with van der Waals surface area (Å²) < 4.78 is 17.3. The molecule has 0 amide bonds. The Morgan fingerprint density at radius 1 is 0.375 bits per heavy atom. The minimum Gasteiger partial charge on any atom is -0.462 e. The molecule has 5 nitrogen and oxygen atoms in total. The summed E-state index contributed by atoms with van der Waals surface area (Å²) in [6.07, 6.45) is 54.7. The highest BCUT2D eigenvalue weighted by Crippen LogP contribution is 2.15. The van der Waals surface area contributed by atoms with Gasteiger partial charge in [-0.15, -0.1) is 0 Å². The molecule has 0 aliphatic rings. The molecule has 0 saturated carbocycles. The van der Waals surface area contributed by atoms with Gasteiger partial charge in [-0.1, -0.05) is 212 Å². The summed E-state index contributed by atoms with van der Waals surface area (Å²) in [7, 11) is 0. The average molecular weight is 789 g/mol. The van der Waals surface area contributed by atoms with Crippen LogP contribution in [0.3, 0.4) is 0 Å². The third kappa shape index (κ3) is 45.1. The smallest absolute Gasteiger partial charge is 0.306 e. The summed E-state index contributed by atoms with van der Waals surface area (Å²) in [5.74, 6) is -0.393. The summed E-state index contributed by atoms with van der Waals surface area (Å²) in [6, 6.07) is 0. The van der Waals surface area contributed by atoms with Crippen LogP contribution in [0.5, 0.6) is 0 Å². The molecule has 1 atom stereocenters. The second kappa shape index (κ2) is 47.8. The van der Waals surface area contributed by atoms with Crippen molar-refractivity contribution in [2.24, 2.45) is 0 Å². The molecule has 1 unspecified atom stereocenters. The first-order valence-electron chi connectivity index (χ1n) is 24.9. The van der Waals surface area contributed by atoms with Crippen LogP contribution in [0.25, 0.3) is 0 Å². The number of allylic oxidation sites excluding steroid dienone is 4. The van der Waals surface area contributed by atoms with Crippen LogP contribution in [0, 0.1) is 0 Å². The Balaban J connectivity index is 4.12. The summed E-state index contributed by atoms with van der Waals surface area (Å²) in [4.78, 5) is 25.2. The Kier molecular flexibility index (Phi) is 46.4. The standard InChI is InChI=1S/C51H96O5/c1-4-7-10-13-16-19-21-23-24-25-26-27-28-29-30-33-35-38-41-44-50(52)55-48-49(56-51(53)45-42-39-36-32-18-15-12-9-6-3)47-54-46-43-40-37-34-31-22-20-17-14-11-8-5-2/h14,17,23-24,49H,4-13,15-16,18-22,25-48H2,1-3H3/b17-14-,24-23-. The van der Waals surface area contributed by atoms with Crippen molar-refractivity contribution in [1.82, 2.24) is 0 Å². The second-order valence-corrected chi connectivity index (χ2v) is 16.7. The summed E-state index contributed by atoms with van der Waals surface area (Å²) in [6.45, 7) is 7.80. The van der Waals surface area contributed by atoms with E-state index in [0.29, 0.717) is 19.4 Å². The molecule has 0 fully saturated rings. The zero-order valence-electron chi connectivity index (χ0n) is 37.9. The average Bonchev–Trinajstić information content (AvgIpc) is 3.20. The number of hydrogen-bond acceptors (Lipinski definition) is 5. The number of hydrogen-bond donors (Lipinski definition) is 0. The predicted octanol–water partition coefficient (Wildman–Crippen LogP) is 16.5. The maximum atomic E-state index is 12.7. The number of esters is 2. The number of carbonyl (C=O) groups is 2. The van der Waals surface area contributed by atoms with Gasteiger partial charge in [0.25, 0.3) is 0 Å². The molecule has 0 saturated heterocycles. The Bertz CT molecular complexity index is 851. The van der Waals surface area contributed by atoms with Gasteiger partial charge in [-0.2, -0.15) is 0 Å². The third-order valence-electron chi connectivity index (χ3n) is 11.0. The van der Waals surface area contributed by atoms with Gasteiger partial charge in [-0.05, 0) is 64.2 Å². The fourth-order valence-corrected chi connectivity index (χ4v) is 7.19. The fourth-order valence-electron chi connectivity index (χ4n) is 7.19. The molecule has 330 valence electrons. The lowest BCUT2D eigenvalue weighted by atomic mass is 10.1. The van der Waals surface area contributed by atoms with Crippen molar-refractivity contribution in [1.29, 1.82) is 0 Å². The van der Waals surface area contributed by atoms with Crippen LogP contribution in [-0.2, 0) is 23.8 Å². The third-order valence-corrected chi connectivity index (χ3v) is 11.0. The molecule has 0 aliphatic carbocycles. The molecule has 0 rings (SSSR count). The van der Waals surface area contributed by atoms with E-state index >= 15 is 0 Å². The molecule has 0 N–H and O–H groups in total. The van der Waals surface area contributed by atoms with Gasteiger partial charge in [0.2, 0.25) is 0 Å².